The Balaban J connectivity index is 0.000000410. The highest BCUT2D eigenvalue weighted by Gasteiger charge is 2.26. The second-order valence-corrected chi connectivity index (χ2v) is 5.67. The van der Waals surface area contributed by atoms with E-state index in [4.69, 9.17) is 18.9 Å². The number of fused-ring (bicyclic) bond motifs is 2. The van der Waals surface area contributed by atoms with E-state index in [2.05, 4.69) is 0 Å². The number of hydrogen-bond donors (Lipinski definition) is 0. The fraction of sp³-hybridized carbons (Fsp3) is 0.500. The number of hydrogen-bond acceptors (Lipinski definition) is 6. The Hall–Kier alpha value is -1.40. The van der Waals surface area contributed by atoms with Crippen molar-refractivity contribution in [2.45, 2.75) is 27.7 Å². The highest BCUT2D eigenvalue weighted by molar-refractivity contribution is 7.21. The van der Waals surface area contributed by atoms with E-state index in [0.717, 1.165) is 32.8 Å². The first-order valence-electron chi connectivity index (χ1n) is 7.68. The smallest absolute Gasteiger partial charge is 0.180 e. The summed E-state index contributed by atoms with van der Waals surface area (Å²) >= 11 is 3.24. The summed E-state index contributed by atoms with van der Waals surface area (Å²) in [5.74, 6) is 3.34. The van der Waals surface area contributed by atoms with E-state index in [-0.39, 0.29) is 0 Å². The van der Waals surface area contributed by atoms with Crippen LogP contribution in [-0.2, 0) is 0 Å². The van der Waals surface area contributed by atoms with E-state index in [1.807, 2.05) is 38.5 Å². The van der Waals surface area contributed by atoms with Crippen LogP contribution < -0.4 is 18.9 Å². The van der Waals surface area contributed by atoms with Crippen LogP contribution in [0.25, 0.3) is 9.75 Å². The van der Waals surface area contributed by atoms with Gasteiger partial charge in [0.2, 0.25) is 0 Å². The summed E-state index contributed by atoms with van der Waals surface area (Å²) in [6.07, 6.45) is 0. The molecular formula is C16H22O4S2. The van der Waals surface area contributed by atoms with Gasteiger partial charge in [-0.1, -0.05) is 27.7 Å². The van der Waals surface area contributed by atoms with E-state index in [1.165, 1.54) is 0 Å². The van der Waals surface area contributed by atoms with Crippen molar-refractivity contribution in [2.75, 3.05) is 26.4 Å². The van der Waals surface area contributed by atoms with E-state index in [9.17, 15) is 0 Å². The minimum absolute atomic E-state index is 0.599. The van der Waals surface area contributed by atoms with Gasteiger partial charge in [0.1, 0.15) is 26.4 Å². The maximum absolute atomic E-state index is 5.71. The molecule has 4 heterocycles. The molecule has 0 atom stereocenters. The SMILES string of the molecule is CC.CC.c1sc(-c2scc3c2OCCO3)c2c1OCCO2. The number of rotatable bonds is 1. The molecule has 0 saturated carbocycles. The van der Waals surface area contributed by atoms with E-state index in [1.54, 1.807) is 22.7 Å². The van der Waals surface area contributed by atoms with Gasteiger partial charge < -0.3 is 18.9 Å². The molecule has 0 bridgehead atoms. The van der Waals surface area contributed by atoms with Crippen LogP contribution in [0.3, 0.4) is 0 Å². The van der Waals surface area contributed by atoms with Gasteiger partial charge >= 0.3 is 0 Å². The second-order valence-electron chi connectivity index (χ2n) is 3.91. The average Bonchev–Trinajstić information content (AvgIpc) is 3.22. The van der Waals surface area contributed by atoms with Gasteiger partial charge in [0.15, 0.2) is 23.0 Å². The quantitative estimate of drug-likeness (QED) is 0.725. The van der Waals surface area contributed by atoms with Crippen LogP contribution in [0.5, 0.6) is 23.0 Å². The summed E-state index contributed by atoms with van der Waals surface area (Å²) in [6, 6.07) is 0. The largest absolute Gasteiger partial charge is 0.485 e. The highest BCUT2D eigenvalue weighted by atomic mass is 32.1. The fourth-order valence-electron chi connectivity index (χ4n) is 2.04. The van der Waals surface area contributed by atoms with Crippen molar-refractivity contribution >= 4 is 22.7 Å². The predicted molar refractivity (Wildman–Crippen MR) is 92.3 cm³/mol. The maximum atomic E-state index is 5.71. The van der Waals surface area contributed by atoms with E-state index in [0.29, 0.717) is 26.4 Å². The summed E-state index contributed by atoms with van der Waals surface area (Å²) < 4.78 is 22.5. The minimum Gasteiger partial charge on any atom is -0.485 e. The lowest BCUT2D eigenvalue weighted by atomic mass is 10.3. The van der Waals surface area contributed by atoms with Crippen LogP contribution in [0.15, 0.2) is 10.8 Å². The number of thiophene rings is 2. The lowest BCUT2D eigenvalue weighted by Crippen LogP contribution is -2.15. The molecule has 0 N–H and O–H groups in total. The molecule has 0 radical (unpaired) electrons. The number of ether oxygens (including phenoxy) is 4. The Bertz CT molecular complexity index is 537. The van der Waals surface area contributed by atoms with Gasteiger partial charge in [-0.2, -0.15) is 0 Å². The molecule has 0 fully saturated rings. The minimum atomic E-state index is 0.599. The zero-order valence-electron chi connectivity index (χ0n) is 13.4. The second kappa shape index (κ2) is 8.29. The fourth-order valence-corrected chi connectivity index (χ4v) is 4.06. The first kappa shape index (κ1) is 17.0. The van der Waals surface area contributed by atoms with Gasteiger partial charge in [-0.3, -0.25) is 0 Å². The van der Waals surface area contributed by atoms with Crippen LogP contribution in [0.2, 0.25) is 0 Å². The van der Waals surface area contributed by atoms with Gasteiger partial charge in [0.05, 0.1) is 9.75 Å². The molecule has 0 saturated heterocycles. The topological polar surface area (TPSA) is 36.9 Å². The molecule has 6 heteroatoms. The lowest BCUT2D eigenvalue weighted by molar-refractivity contribution is 0.172. The molecule has 0 aromatic carbocycles. The summed E-state index contributed by atoms with van der Waals surface area (Å²) in [5, 5.41) is 3.97. The zero-order valence-corrected chi connectivity index (χ0v) is 15.1. The monoisotopic (exact) mass is 342 g/mol. The molecule has 122 valence electrons. The van der Waals surface area contributed by atoms with E-state index >= 15 is 0 Å². The first-order chi connectivity index (χ1) is 10.9. The predicted octanol–water partition coefficient (Wildman–Crippen LogP) is 5.07. The highest BCUT2D eigenvalue weighted by Crippen LogP contribution is 2.53. The van der Waals surface area contributed by atoms with Crippen LogP contribution in [0.1, 0.15) is 27.7 Å². The Labute approximate surface area is 139 Å². The molecule has 0 amide bonds. The normalized spacial score (nSPS) is 14.2. The summed E-state index contributed by atoms with van der Waals surface area (Å²) in [5.41, 5.74) is 0. The molecule has 2 aromatic heterocycles. The maximum Gasteiger partial charge on any atom is 0.180 e. The van der Waals surface area contributed by atoms with Crippen LogP contribution in [-0.4, -0.2) is 26.4 Å². The van der Waals surface area contributed by atoms with Gasteiger partial charge in [-0.15, -0.1) is 22.7 Å². The van der Waals surface area contributed by atoms with Crippen molar-refractivity contribution in [2.24, 2.45) is 0 Å². The molecule has 4 rings (SSSR count). The Kier molecular flexibility index (Phi) is 6.39. The average molecular weight is 342 g/mol. The van der Waals surface area contributed by atoms with Crippen LogP contribution >= 0.6 is 22.7 Å². The van der Waals surface area contributed by atoms with Crippen molar-refractivity contribution in [3.8, 4) is 32.8 Å². The standard InChI is InChI=1S/C12H10O4S2.2C2H6/c1-3-15-9-7(13-1)5-17-11(9)12-10-8(6-18-12)14-2-4-16-10;2*1-2/h5-6H,1-4H2;2*1-2H3. The molecule has 2 aliphatic heterocycles. The van der Waals surface area contributed by atoms with Crippen molar-refractivity contribution in [1.82, 2.24) is 0 Å². The molecule has 0 aliphatic carbocycles. The summed E-state index contributed by atoms with van der Waals surface area (Å²) in [6.45, 7) is 10.4. The van der Waals surface area contributed by atoms with Crippen LogP contribution in [0.4, 0.5) is 0 Å². The van der Waals surface area contributed by atoms with Crippen LogP contribution in [0, 0.1) is 0 Å². The van der Waals surface area contributed by atoms with Gasteiger partial charge in [-0.05, 0) is 0 Å². The molecule has 0 unspecified atom stereocenters. The van der Waals surface area contributed by atoms with Crippen molar-refractivity contribution in [3.63, 3.8) is 0 Å². The Morgan fingerprint density at radius 2 is 1.00 bits per heavy atom. The summed E-state index contributed by atoms with van der Waals surface area (Å²) in [4.78, 5) is 2.14. The third-order valence-corrected chi connectivity index (χ3v) is 4.85. The van der Waals surface area contributed by atoms with Crippen molar-refractivity contribution in [1.29, 1.82) is 0 Å². The third kappa shape index (κ3) is 3.17. The lowest BCUT2D eigenvalue weighted by Gasteiger charge is -2.18. The molecule has 2 aromatic rings. The molecule has 2 aliphatic rings. The Morgan fingerprint density at radius 1 is 0.636 bits per heavy atom. The van der Waals surface area contributed by atoms with E-state index < -0.39 is 0 Å². The zero-order chi connectivity index (χ0) is 15.9. The molecule has 4 nitrogen and oxygen atoms in total. The van der Waals surface area contributed by atoms with Gasteiger partial charge in [0.25, 0.3) is 0 Å². The molecule has 0 spiro atoms. The van der Waals surface area contributed by atoms with Gasteiger partial charge in [-0.25, -0.2) is 0 Å². The molecule has 22 heavy (non-hydrogen) atoms. The first-order valence-corrected chi connectivity index (χ1v) is 9.44. The summed E-state index contributed by atoms with van der Waals surface area (Å²) in [7, 11) is 0. The van der Waals surface area contributed by atoms with Crippen molar-refractivity contribution < 1.29 is 18.9 Å². The third-order valence-electron chi connectivity index (χ3n) is 2.81. The Morgan fingerprint density at radius 3 is 1.41 bits per heavy atom. The van der Waals surface area contributed by atoms with Gasteiger partial charge in [0, 0.05) is 10.8 Å². The molecular weight excluding hydrogens is 320 g/mol. The van der Waals surface area contributed by atoms with Crippen molar-refractivity contribution in [3.05, 3.63) is 10.8 Å².